The van der Waals surface area contributed by atoms with Crippen molar-refractivity contribution in [2.45, 2.75) is 469 Å². The summed E-state index contributed by atoms with van der Waals surface area (Å²) >= 11 is 0. The van der Waals surface area contributed by atoms with Crippen LogP contribution in [-0.4, -0.2) is 19.8 Å². The highest BCUT2D eigenvalue weighted by Gasteiger charge is 2.14. The molecule has 116 heavy (non-hydrogen) atoms. The third kappa shape index (κ3) is 70.8. The van der Waals surface area contributed by atoms with Gasteiger partial charge < -0.3 is 14.2 Å². The Bertz CT molecular complexity index is 2700. The molecule has 0 amide bonds. The minimum absolute atomic E-state index is 0.807. The molecule has 6 aromatic rings. The maximum absolute atomic E-state index is 5.65. The van der Waals surface area contributed by atoms with E-state index in [1.54, 1.807) is 0 Å². The number of rotatable bonds is 42. The standard InChI is InChI=1S/C16H18O.C14H16O.C11H22.C11H16.C10H14O.C10H20.C10H22.C9H18.C8H16.C8H18.C6H14/c1-2-3-13-17-16-11-9-15(10-12-16)14-7-5-4-6-8-14;1-2-3-10-15-14-9-8-12-6-4-5-7-13(12)11-14;2*1-2-3-5-8-11-9-6-4-7-10-11;1-2-3-9-11-10-7-5-4-6-8-10;1-2-3-7-10-8-5-4-6-9-10;1-3-5-7-9-10-8-6-4-2;1-2-6-9-7-4-3-5-8-9;1-2-8-6-4-3-5-7-8;1-3-5-7-8-6-4-2;1-3-5-6-4-2/h4-12H,2-3,13H2,1H3;4-9,11H,2-3,10H2,1H3;11H,2-10H2,1H3;4,6-7,9-10H,2-3,5,8H2,1H3;4-8H,2-3,9H2,1H3;10H,2-9H2,1H3;3-10H2,1-2H3;9H,2-8H2,1H3;8H,2-7H2,1H3;3-8H2,1-2H3;3-6H2,1-2H3. The van der Waals surface area contributed by atoms with Gasteiger partial charge in [-0.25, -0.2) is 0 Å². The zero-order valence-electron chi connectivity index (χ0n) is 79.7. The Balaban J connectivity index is 0.00000127. The molecule has 4 fully saturated rings. The lowest BCUT2D eigenvalue weighted by Crippen LogP contribution is -2.05. The van der Waals surface area contributed by atoms with Crippen molar-refractivity contribution in [1.82, 2.24) is 0 Å². The summed E-state index contributed by atoms with van der Waals surface area (Å²) in [4.78, 5) is 0. The second kappa shape index (κ2) is 89.2. The Hall–Kier alpha value is -5.02. The third-order valence-corrected chi connectivity index (χ3v) is 23.4. The fraction of sp³-hybridized carbons (Fsp3) is 0.699. The summed E-state index contributed by atoms with van der Waals surface area (Å²) in [5.74, 6) is 7.30. The molecule has 4 aliphatic carbocycles. The largest absolute Gasteiger partial charge is 0.494 e. The van der Waals surface area contributed by atoms with Gasteiger partial charge >= 0.3 is 0 Å². The van der Waals surface area contributed by atoms with Crippen LogP contribution < -0.4 is 14.2 Å². The number of fused-ring (bicyclic) bond motifs is 1. The number of hydrogen-bond acceptors (Lipinski definition) is 3. The molecule has 3 heteroatoms. The quantitative estimate of drug-likeness (QED) is 0.0358. The first-order valence-corrected chi connectivity index (χ1v) is 50.7. The normalized spacial score (nSPS) is 13.8. The maximum atomic E-state index is 5.65. The highest BCUT2D eigenvalue weighted by Crippen LogP contribution is 2.31. The lowest BCUT2D eigenvalue weighted by molar-refractivity contribution is 0.309. The molecule has 10 rings (SSSR count). The Morgan fingerprint density at radius 2 is 0.517 bits per heavy atom. The van der Waals surface area contributed by atoms with Gasteiger partial charge in [0, 0.05) is 0 Å². The minimum Gasteiger partial charge on any atom is -0.494 e. The first kappa shape index (κ1) is 111. The van der Waals surface area contributed by atoms with Crippen molar-refractivity contribution >= 4 is 10.8 Å². The van der Waals surface area contributed by atoms with Crippen LogP contribution in [0.3, 0.4) is 0 Å². The van der Waals surface area contributed by atoms with E-state index >= 15 is 0 Å². The second-order valence-corrected chi connectivity index (χ2v) is 34.4. The van der Waals surface area contributed by atoms with Gasteiger partial charge in [0.25, 0.3) is 0 Å². The van der Waals surface area contributed by atoms with Crippen molar-refractivity contribution in [2.24, 2.45) is 23.7 Å². The first-order valence-electron chi connectivity index (χ1n) is 50.7. The Labute approximate surface area is 725 Å². The van der Waals surface area contributed by atoms with Crippen molar-refractivity contribution in [2.75, 3.05) is 19.8 Å². The average Bonchev–Trinajstić information content (AvgIpc) is 0.844. The molecule has 4 aliphatic rings. The van der Waals surface area contributed by atoms with Crippen molar-refractivity contribution in [3.63, 3.8) is 0 Å². The molecule has 0 aliphatic heterocycles. The van der Waals surface area contributed by atoms with E-state index in [1.165, 1.54) is 381 Å². The zero-order valence-corrected chi connectivity index (χ0v) is 79.7. The van der Waals surface area contributed by atoms with Gasteiger partial charge in [-0.2, -0.15) is 0 Å². The number of unbranched alkanes of at least 4 members (excludes halogenated alkanes) is 23. The second-order valence-electron chi connectivity index (χ2n) is 34.4. The molecule has 0 spiro atoms. The van der Waals surface area contributed by atoms with E-state index in [4.69, 9.17) is 14.2 Å². The van der Waals surface area contributed by atoms with Crippen LogP contribution in [0.4, 0.5) is 0 Å². The van der Waals surface area contributed by atoms with Crippen LogP contribution in [0, 0.1) is 23.7 Å². The fourth-order valence-corrected chi connectivity index (χ4v) is 15.5. The van der Waals surface area contributed by atoms with Crippen LogP contribution in [0.5, 0.6) is 17.2 Å². The smallest absolute Gasteiger partial charge is 0.119 e. The molecule has 3 nitrogen and oxygen atoms in total. The molecule has 0 atom stereocenters. The fourth-order valence-electron chi connectivity index (χ4n) is 15.5. The Kier molecular flexibility index (Phi) is 85.4. The molecule has 0 heterocycles. The topological polar surface area (TPSA) is 27.7 Å². The molecule has 0 unspecified atom stereocenters. The first-order chi connectivity index (χ1) is 57.1. The molecule has 664 valence electrons. The van der Waals surface area contributed by atoms with Crippen LogP contribution in [-0.2, 0) is 6.42 Å². The van der Waals surface area contributed by atoms with Gasteiger partial charge in [-0.1, -0.05) is 559 Å². The van der Waals surface area contributed by atoms with E-state index in [-0.39, 0.29) is 0 Å². The summed E-state index contributed by atoms with van der Waals surface area (Å²) < 4.78 is 16.7. The number of hydrogen-bond donors (Lipinski definition) is 0. The molecule has 0 saturated heterocycles. The van der Waals surface area contributed by atoms with E-state index in [2.05, 4.69) is 200 Å². The van der Waals surface area contributed by atoms with Crippen LogP contribution in [0.2, 0.25) is 0 Å². The summed E-state index contributed by atoms with van der Waals surface area (Å²) in [6, 6.07) is 53.9. The molecule has 0 aromatic heterocycles. The van der Waals surface area contributed by atoms with Crippen molar-refractivity contribution in [1.29, 1.82) is 0 Å². The van der Waals surface area contributed by atoms with Crippen molar-refractivity contribution < 1.29 is 14.2 Å². The third-order valence-electron chi connectivity index (χ3n) is 23.4. The van der Waals surface area contributed by atoms with Gasteiger partial charge in [0.1, 0.15) is 17.2 Å². The Morgan fingerprint density at radius 1 is 0.216 bits per heavy atom. The van der Waals surface area contributed by atoms with Crippen molar-refractivity contribution in [3.05, 3.63) is 163 Å². The lowest BCUT2D eigenvalue weighted by atomic mass is 9.86. The number of aryl methyl sites for hydroxylation is 1. The summed E-state index contributed by atoms with van der Waals surface area (Å²) in [6.07, 6.45) is 82.4. The van der Waals surface area contributed by atoms with E-state index in [9.17, 15) is 0 Å². The number of benzene rings is 6. The molecule has 0 bridgehead atoms. The lowest BCUT2D eigenvalue weighted by Gasteiger charge is -2.20. The highest BCUT2D eigenvalue weighted by molar-refractivity contribution is 5.83. The maximum Gasteiger partial charge on any atom is 0.119 e. The monoisotopic (exact) mass is 1600 g/mol. The van der Waals surface area contributed by atoms with E-state index < -0.39 is 0 Å². The number of para-hydroxylation sites is 1. The summed E-state index contributed by atoms with van der Waals surface area (Å²) in [6.45, 7) is 33.9. The van der Waals surface area contributed by atoms with Gasteiger partial charge in [-0.15, -0.1) is 0 Å². The molecule has 6 aromatic carbocycles. The molecular weight excluding hydrogens is 1410 g/mol. The van der Waals surface area contributed by atoms with Gasteiger partial charge in [-0.05, 0) is 120 Å². The number of ether oxygens (including phenoxy) is 3. The van der Waals surface area contributed by atoms with Crippen LogP contribution in [0.25, 0.3) is 21.9 Å². The summed E-state index contributed by atoms with van der Waals surface area (Å²) in [5, 5.41) is 2.51. The SMILES string of the molecule is CCC1CCCCC1.CCCC1CCCCC1.CCCCC1CCCCC1.CCCCCC.CCCCCC1CCCCC1.CCCCCCCC.CCCCCCCCCC.CCCCCc1ccccc1.CCCCOc1ccc(-c2ccccc2)cc1.CCCCOc1ccc2ccccc2c1.CCCCOc1ccccc1. The minimum atomic E-state index is 0.807. The molecule has 0 N–H and O–H groups in total. The van der Waals surface area contributed by atoms with E-state index in [0.717, 1.165) is 80.0 Å². The Morgan fingerprint density at radius 3 is 0.914 bits per heavy atom. The molecular formula is C113H194O3. The van der Waals surface area contributed by atoms with Gasteiger partial charge in [0.15, 0.2) is 0 Å². The molecule has 4 saturated carbocycles. The summed E-state index contributed by atoms with van der Waals surface area (Å²) in [5.41, 5.74) is 3.95. The van der Waals surface area contributed by atoms with Crippen molar-refractivity contribution in [3.8, 4) is 28.4 Å². The predicted molar refractivity (Wildman–Crippen MR) is 525 cm³/mol. The van der Waals surface area contributed by atoms with Crippen LogP contribution in [0.1, 0.15) is 468 Å². The summed E-state index contributed by atoms with van der Waals surface area (Å²) in [7, 11) is 0. The van der Waals surface area contributed by atoms with Crippen LogP contribution >= 0.6 is 0 Å². The van der Waals surface area contributed by atoms with Gasteiger partial charge in [0.05, 0.1) is 19.8 Å². The molecule has 0 radical (unpaired) electrons. The van der Waals surface area contributed by atoms with E-state index in [0.29, 0.717) is 0 Å². The van der Waals surface area contributed by atoms with E-state index in [1.807, 2.05) is 54.6 Å². The zero-order chi connectivity index (χ0) is 84.6. The average molecular weight is 1600 g/mol. The van der Waals surface area contributed by atoms with Gasteiger partial charge in [-0.3, -0.25) is 0 Å². The highest BCUT2D eigenvalue weighted by atomic mass is 16.5. The van der Waals surface area contributed by atoms with Gasteiger partial charge in [0.2, 0.25) is 0 Å². The predicted octanol–water partition coefficient (Wildman–Crippen LogP) is 39.2. The van der Waals surface area contributed by atoms with Crippen LogP contribution in [0.15, 0.2) is 158 Å².